The maximum absolute atomic E-state index is 11.9. The van der Waals surface area contributed by atoms with Crippen molar-refractivity contribution < 1.29 is 0 Å². The van der Waals surface area contributed by atoms with Crippen LogP contribution in [-0.2, 0) is 6.54 Å². The summed E-state index contributed by atoms with van der Waals surface area (Å²) < 4.78 is 1.35. The molecule has 0 saturated heterocycles. The zero-order valence-electron chi connectivity index (χ0n) is 11.4. The van der Waals surface area contributed by atoms with E-state index in [0.29, 0.717) is 17.8 Å². The van der Waals surface area contributed by atoms with Gasteiger partial charge in [-0.1, -0.05) is 30.3 Å². The average molecular weight is 276 g/mol. The van der Waals surface area contributed by atoms with Crippen LogP contribution in [0.5, 0.6) is 0 Å². The summed E-state index contributed by atoms with van der Waals surface area (Å²) in [5.74, 6) is 0. The standard InChI is InChI=1S/C16H12N4O/c1-2-20-15(21)9-14(8-12(10-17)11-18)16(19-20)13-6-4-3-5-7-13/h3-9H,2H2,1H3. The van der Waals surface area contributed by atoms with E-state index in [-0.39, 0.29) is 11.1 Å². The highest BCUT2D eigenvalue weighted by Gasteiger charge is 2.10. The number of nitriles is 2. The van der Waals surface area contributed by atoms with Crippen molar-refractivity contribution in [2.24, 2.45) is 0 Å². The van der Waals surface area contributed by atoms with Crippen molar-refractivity contribution in [3.8, 4) is 23.4 Å². The average Bonchev–Trinajstić information content (AvgIpc) is 2.53. The smallest absolute Gasteiger partial charge is 0.267 e. The Bertz CT molecular complexity index is 804. The molecule has 0 unspecified atom stereocenters. The molecule has 0 saturated carbocycles. The van der Waals surface area contributed by atoms with Gasteiger partial charge < -0.3 is 0 Å². The van der Waals surface area contributed by atoms with E-state index in [4.69, 9.17) is 10.5 Å². The summed E-state index contributed by atoms with van der Waals surface area (Å²) in [6, 6.07) is 14.3. The van der Waals surface area contributed by atoms with Crippen LogP contribution in [0.15, 0.2) is 46.8 Å². The van der Waals surface area contributed by atoms with E-state index in [1.54, 1.807) is 12.1 Å². The van der Waals surface area contributed by atoms with Gasteiger partial charge in [0.25, 0.3) is 5.56 Å². The van der Waals surface area contributed by atoms with E-state index in [1.807, 2.05) is 37.3 Å². The summed E-state index contributed by atoms with van der Waals surface area (Å²) in [7, 11) is 0. The third kappa shape index (κ3) is 3.05. The summed E-state index contributed by atoms with van der Waals surface area (Å²) in [6.07, 6.45) is 1.39. The summed E-state index contributed by atoms with van der Waals surface area (Å²) in [6.45, 7) is 2.28. The molecular weight excluding hydrogens is 264 g/mol. The number of allylic oxidation sites excluding steroid dienone is 1. The van der Waals surface area contributed by atoms with Crippen molar-refractivity contribution in [3.63, 3.8) is 0 Å². The monoisotopic (exact) mass is 276 g/mol. The maximum atomic E-state index is 11.9. The minimum atomic E-state index is -0.265. The number of rotatable bonds is 3. The third-order valence-corrected chi connectivity index (χ3v) is 2.92. The second-order valence-electron chi connectivity index (χ2n) is 4.25. The van der Waals surface area contributed by atoms with E-state index in [1.165, 1.54) is 16.8 Å². The molecule has 21 heavy (non-hydrogen) atoms. The van der Waals surface area contributed by atoms with Gasteiger partial charge in [0.05, 0.1) is 5.69 Å². The highest BCUT2D eigenvalue weighted by atomic mass is 16.1. The summed E-state index contributed by atoms with van der Waals surface area (Å²) in [5.41, 5.74) is 1.52. The number of hydrogen-bond acceptors (Lipinski definition) is 4. The van der Waals surface area contributed by atoms with Crippen LogP contribution in [0.2, 0.25) is 0 Å². The quantitative estimate of drug-likeness (QED) is 0.806. The van der Waals surface area contributed by atoms with Crippen molar-refractivity contribution in [2.45, 2.75) is 13.5 Å². The summed E-state index contributed by atoms with van der Waals surface area (Å²) in [4.78, 5) is 11.9. The van der Waals surface area contributed by atoms with Gasteiger partial charge in [0.1, 0.15) is 17.7 Å². The molecule has 0 N–H and O–H groups in total. The van der Waals surface area contributed by atoms with Crippen LogP contribution in [0, 0.1) is 22.7 Å². The van der Waals surface area contributed by atoms with Crippen molar-refractivity contribution >= 4 is 6.08 Å². The molecule has 0 aliphatic carbocycles. The van der Waals surface area contributed by atoms with Gasteiger partial charge >= 0.3 is 0 Å². The Kier molecular flexibility index (Phi) is 4.28. The van der Waals surface area contributed by atoms with E-state index in [0.717, 1.165) is 5.56 Å². The second-order valence-corrected chi connectivity index (χ2v) is 4.25. The molecule has 102 valence electrons. The molecule has 1 aromatic carbocycles. The van der Waals surface area contributed by atoms with Crippen LogP contribution in [0.4, 0.5) is 0 Å². The van der Waals surface area contributed by atoms with Gasteiger partial charge in [-0.05, 0) is 13.0 Å². The fourth-order valence-electron chi connectivity index (χ4n) is 1.91. The fraction of sp³-hybridized carbons (Fsp3) is 0.125. The normalized spacial score (nSPS) is 9.48. The number of aryl methyl sites for hydroxylation is 1. The molecule has 0 fully saturated rings. The predicted octanol–water partition coefficient (Wildman–Crippen LogP) is 2.36. The minimum Gasteiger partial charge on any atom is -0.268 e. The second kappa shape index (κ2) is 6.31. The van der Waals surface area contributed by atoms with Crippen LogP contribution in [0.1, 0.15) is 12.5 Å². The highest BCUT2D eigenvalue weighted by Crippen LogP contribution is 2.21. The first-order valence-corrected chi connectivity index (χ1v) is 6.39. The molecule has 0 radical (unpaired) electrons. The van der Waals surface area contributed by atoms with Crippen LogP contribution in [0.3, 0.4) is 0 Å². The third-order valence-electron chi connectivity index (χ3n) is 2.92. The Labute approximate surface area is 122 Å². The number of hydrogen-bond donors (Lipinski definition) is 0. The Morgan fingerprint density at radius 2 is 1.95 bits per heavy atom. The SMILES string of the molecule is CCn1nc(-c2ccccc2)c(C=C(C#N)C#N)cc1=O. The number of aromatic nitrogens is 2. The van der Waals surface area contributed by atoms with Gasteiger partial charge in [-0.2, -0.15) is 15.6 Å². The van der Waals surface area contributed by atoms with Crippen molar-refractivity contribution in [1.29, 1.82) is 10.5 Å². The molecule has 2 rings (SSSR count). The minimum absolute atomic E-state index is 0.0670. The molecule has 0 bridgehead atoms. The zero-order chi connectivity index (χ0) is 15.2. The topological polar surface area (TPSA) is 82.5 Å². The van der Waals surface area contributed by atoms with Crippen molar-refractivity contribution in [3.05, 3.63) is 57.9 Å². The molecule has 1 aromatic heterocycles. The Balaban J connectivity index is 2.73. The summed E-state index contributed by atoms with van der Waals surface area (Å²) >= 11 is 0. The molecule has 0 atom stereocenters. The zero-order valence-corrected chi connectivity index (χ0v) is 11.4. The van der Waals surface area contributed by atoms with Crippen molar-refractivity contribution in [1.82, 2.24) is 9.78 Å². The Morgan fingerprint density at radius 3 is 2.52 bits per heavy atom. The lowest BCUT2D eigenvalue weighted by Crippen LogP contribution is -2.22. The molecule has 5 nitrogen and oxygen atoms in total. The van der Waals surface area contributed by atoms with Gasteiger partial charge in [0.2, 0.25) is 0 Å². The first-order chi connectivity index (χ1) is 10.2. The highest BCUT2D eigenvalue weighted by molar-refractivity contribution is 5.74. The largest absolute Gasteiger partial charge is 0.268 e. The Hall–Kier alpha value is -3.18. The summed E-state index contributed by atoms with van der Waals surface area (Å²) in [5, 5.41) is 22.1. The fourth-order valence-corrected chi connectivity index (χ4v) is 1.91. The van der Waals surface area contributed by atoms with Gasteiger partial charge in [-0.3, -0.25) is 4.79 Å². The van der Waals surface area contributed by atoms with Crippen LogP contribution in [0.25, 0.3) is 17.3 Å². The molecular formula is C16H12N4O. The number of nitrogens with zero attached hydrogens (tertiary/aromatic N) is 4. The maximum Gasteiger partial charge on any atom is 0.267 e. The van der Waals surface area contributed by atoms with E-state index in [2.05, 4.69) is 5.10 Å². The first kappa shape index (κ1) is 14.2. The van der Waals surface area contributed by atoms with E-state index >= 15 is 0 Å². The number of benzene rings is 1. The van der Waals surface area contributed by atoms with Crippen LogP contribution in [-0.4, -0.2) is 9.78 Å². The Morgan fingerprint density at radius 1 is 1.29 bits per heavy atom. The predicted molar refractivity (Wildman–Crippen MR) is 78.8 cm³/mol. The molecule has 1 heterocycles. The van der Waals surface area contributed by atoms with Crippen molar-refractivity contribution in [2.75, 3.05) is 0 Å². The molecule has 0 amide bonds. The van der Waals surface area contributed by atoms with Crippen LogP contribution < -0.4 is 5.56 Å². The molecule has 2 aromatic rings. The van der Waals surface area contributed by atoms with Gasteiger partial charge in [-0.25, -0.2) is 4.68 Å². The van der Waals surface area contributed by atoms with Gasteiger partial charge in [0.15, 0.2) is 0 Å². The lowest BCUT2D eigenvalue weighted by atomic mass is 10.0. The lowest BCUT2D eigenvalue weighted by Gasteiger charge is -2.08. The lowest BCUT2D eigenvalue weighted by molar-refractivity contribution is 0.618. The van der Waals surface area contributed by atoms with E-state index in [9.17, 15) is 4.79 Å². The molecule has 0 spiro atoms. The van der Waals surface area contributed by atoms with E-state index < -0.39 is 0 Å². The van der Waals surface area contributed by atoms with Gasteiger partial charge in [0, 0.05) is 23.7 Å². The van der Waals surface area contributed by atoms with Crippen LogP contribution >= 0.6 is 0 Å². The first-order valence-electron chi connectivity index (χ1n) is 6.39. The molecule has 0 aliphatic rings. The molecule has 0 aliphatic heterocycles. The molecule has 5 heteroatoms. The van der Waals surface area contributed by atoms with Gasteiger partial charge in [-0.15, -0.1) is 0 Å².